The Labute approximate surface area is 156 Å². The van der Waals surface area contributed by atoms with Crippen LogP contribution in [-0.4, -0.2) is 47.5 Å². The standard InChI is InChI=1S/C20H31N3O3/c1-14(2)8-12-26-16(4)20(25)23-10-6-17(7-11-23)19(24)22-18-13-15(3)5-9-21-18/h5,9,13-14,16-17H,6-8,10-12H2,1-4H3,(H,21,22,24). The summed E-state index contributed by atoms with van der Waals surface area (Å²) in [5, 5.41) is 2.88. The maximum absolute atomic E-state index is 12.5. The minimum atomic E-state index is -0.421. The second kappa shape index (κ2) is 9.67. The lowest BCUT2D eigenvalue weighted by atomic mass is 9.95. The fourth-order valence-electron chi connectivity index (χ4n) is 3.00. The summed E-state index contributed by atoms with van der Waals surface area (Å²) in [4.78, 5) is 30.9. The molecule has 144 valence electrons. The van der Waals surface area contributed by atoms with Crippen LogP contribution < -0.4 is 5.32 Å². The summed E-state index contributed by atoms with van der Waals surface area (Å²) in [6.07, 6.45) is 3.56. The van der Waals surface area contributed by atoms with E-state index >= 15 is 0 Å². The maximum Gasteiger partial charge on any atom is 0.251 e. The maximum atomic E-state index is 12.5. The Kier molecular flexibility index (Phi) is 7.57. The van der Waals surface area contributed by atoms with Gasteiger partial charge in [-0.2, -0.15) is 0 Å². The van der Waals surface area contributed by atoms with Crippen LogP contribution in [0, 0.1) is 18.8 Å². The third kappa shape index (κ3) is 6.09. The van der Waals surface area contributed by atoms with Crippen molar-refractivity contribution in [3.63, 3.8) is 0 Å². The highest BCUT2D eigenvalue weighted by Crippen LogP contribution is 2.20. The Balaban J connectivity index is 1.77. The van der Waals surface area contributed by atoms with E-state index in [4.69, 9.17) is 4.74 Å². The van der Waals surface area contributed by atoms with Gasteiger partial charge in [-0.3, -0.25) is 9.59 Å². The van der Waals surface area contributed by atoms with Crippen molar-refractivity contribution in [3.05, 3.63) is 23.9 Å². The molecule has 1 aromatic rings. The number of nitrogens with one attached hydrogen (secondary N) is 1. The first kappa shape index (κ1) is 20.4. The third-order valence-electron chi connectivity index (χ3n) is 4.75. The number of likely N-dealkylation sites (tertiary alicyclic amines) is 1. The molecule has 1 unspecified atom stereocenters. The molecule has 1 aliphatic heterocycles. The largest absolute Gasteiger partial charge is 0.369 e. The number of rotatable bonds is 7. The average Bonchev–Trinajstić information content (AvgIpc) is 2.60. The molecule has 0 aliphatic carbocycles. The van der Waals surface area contributed by atoms with Crippen LogP contribution in [0.3, 0.4) is 0 Å². The number of nitrogens with zero attached hydrogens (tertiary/aromatic N) is 2. The van der Waals surface area contributed by atoms with Gasteiger partial charge in [0.05, 0.1) is 0 Å². The van der Waals surface area contributed by atoms with Gasteiger partial charge in [0, 0.05) is 31.8 Å². The molecular formula is C20H31N3O3. The molecule has 1 N–H and O–H groups in total. The molecule has 0 spiro atoms. The second-order valence-electron chi connectivity index (χ2n) is 7.50. The molecule has 2 amide bonds. The van der Waals surface area contributed by atoms with Crippen molar-refractivity contribution < 1.29 is 14.3 Å². The highest BCUT2D eigenvalue weighted by molar-refractivity contribution is 5.92. The quantitative estimate of drug-likeness (QED) is 0.810. The summed E-state index contributed by atoms with van der Waals surface area (Å²) in [5.41, 5.74) is 1.06. The number of carbonyl (C=O) groups is 2. The van der Waals surface area contributed by atoms with Gasteiger partial charge in [-0.15, -0.1) is 0 Å². The van der Waals surface area contributed by atoms with Gasteiger partial charge in [0.1, 0.15) is 11.9 Å². The molecule has 1 aliphatic rings. The van der Waals surface area contributed by atoms with E-state index in [2.05, 4.69) is 24.1 Å². The lowest BCUT2D eigenvalue weighted by Gasteiger charge is -2.33. The normalized spacial score (nSPS) is 16.6. The summed E-state index contributed by atoms with van der Waals surface area (Å²) in [6.45, 7) is 9.84. The van der Waals surface area contributed by atoms with E-state index in [0.717, 1.165) is 12.0 Å². The van der Waals surface area contributed by atoms with Gasteiger partial charge in [0.25, 0.3) is 5.91 Å². The van der Waals surface area contributed by atoms with E-state index in [1.807, 2.05) is 30.9 Å². The van der Waals surface area contributed by atoms with Crippen molar-refractivity contribution in [3.8, 4) is 0 Å². The van der Waals surface area contributed by atoms with Crippen molar-refractivity contribution in [1.29, 1.82) is 0 Å². The number of amides is 2. The predicted octanol–water partition coefficient (Wildman–Crippen LogP) is 3.02. The van der Waals surface area contributed by atoms with E-state index in [1.54, 1.807) is 6.20 Å². The summed E-state index contributed by atoms with van der Waals surface area (Å²) >= 11 is 0. The molecule has 26 heavy (non-hydrogen) atoms. The minimum Gasteiger partial charge on any atom is -0.369 e. The summed E-state index contributed by atoms with van der Waals surface area (Å²) in [5.74, 6) is 1.07. The molecule has 1 saturated heterocycles. The number of carbonyl (C=O) groups excluding carboxylic acids is 2. The van der Waals surface area contributed by atoms with Crippen molar-refractivity contribution in [1.82, 2.24) is 9.88 Å². The summed E-state index contributed by atoms with van der Waals surface area (Å²) < 4.78 is 5.65. The fourth-order valence-corrected chi connectivity index (χ4v) is 3.00. The van der Waals surface area contributed by atoms with Crippen LogP contribution in [0.5, 0.6) is 0 Å². The molecule has 6 heteroatoms. The molecule has 0 bridgehead atoms. The van der Waals surface area contributed by atoms with E-state index < -0.39 is 6.10 Å². The Morgan fingerprint density at radius 3 is 2.62 bits per heavy atom. The first-order valence-electron chi connectivity index (χ1n) is 9.50. The first-order chi connectivity index (χ1) is 12.4. The van der Waals surface area contributed by atoms with E-state index in [0.29, 0.717) is 44.3 Å². The zero-order valence-corrected chi connectivity index (χ0v) is 16.3. The number of piperidine rings is 1. The van der Waals surface area contributed by atoms with Gasteiger partial charge in [-0.05, 0) is 56.7 Å². The van der Waals surface area contributed by atoms with Crippen LogP contribution in [0.25, 0.3) is 0 Å². The van der Waals surface area contributed by atoms with Crippen molar-refractivity contribution in [2.75, 3.05) is 25.0 Å². The molecule has 2 heterocycles. The summed E-state index contributed by atoms with van der Waals surface area (Å²) in [7, 11) is 0. The number of ether oxygens (including phenoxy) is 1. The fraction of sp³-hybridized carbons (Fsp3) is 0.650. The van der Waals surface area contributed by atoms with Gasteiger partial charge < -0.3 is 15.0 Å². The molecule has 1 atom stereocenters. The smallest absolute Gasteiger partial charge is 0.251 e. The van der Waals surface area contributed by atoms with Gasteiger partial charge in [-0.25, -0.2) is 4.98 Å². The monoisotopic (exact) mass is 361 g/mol. The molecule has 2 rings (SSSR count). The highest BCUT2D eigenvalue weighted by atomic mass is 16.5. The molecule has 6 nitrogen and oxygen atoms in total. The van der Waals surface area contributed by atoms with Crippen LogP contribution >= 0.6 is 0 Å². The topological polar surface area (TPSA) is 71.5 Å². The van der Waals surface area contributed by atoms with Crippen LogP contribution in [0.15, 0.2) is 18.3 Å². The lowest BCUT2D eigenvalue weighted by molar-refractivity contribution is -0.145. The second-order valence-corrected chi connectivity index (χ2v) is 7.50. The number of anilines is 1. The molecule has 1 fully saturated rings. The Hall–Kier alpha value is -1.95. The molecule has 0 radical (unpaired) electrons. The Bertz CT molecular complexity index is 610. The van der Waals surface area contributed by atoms with Crippen LogP contribution in [-0.2, 0) is 14.3 Å². The highest BCUT2D eigenvalue weighted by Gasteiger charge is 2.29. The van der Waals surface area contributed by atoms with Crippen molar-refractivity contribution in [2.24, 2.45) is 11.8 Å². The molecule has 0 saturated carbocycles. The van der Waals surface area contributed by atoms with Crippen LogP contribution in [0.2, 0.25) is 0 Å². The Morgan fingerprint density at radius 2 is 2.00 bits per heavy atom. The van der Waals surface area contributed by atoms with Gasteiger partial charge in [0.2, 0.25) is 5.91 Å². The van der Waals surface area contributed by atoms with Gasteiger partial charge in [-0.1, -0.05) is 13.8 Å². The number of hydrogen-bond donors (Lipinski definition) is 1. The molecule has 0 aromatic carbocycles. The van der Waals surface area contributed by atoms with Crippen molar-refractivity contribution in [2.45, 2.75) is 53.1 Å². The Morgan fingerprint density at radius 1 is 1.31 bits per heavy atom. The van der Waals surface area contributed by atoms with E-state index in [9.17, 15) is 9.59 Å². The average molecular weight is 361 g/mol. The molecule has 1 aromatic heterocycles. The van der Waals surface area contributed by atoms with Gasteiger partial charge in [0.15, 0.2) is 0 Å². The first-order valence-corrected chi connectivity index (χ1v) is 9.50. The lowest BCUT2D eigenvalue weighted by Crippen LogP contribution is -2.45. The van der Waals surface area contributed by atoms with E-state index in [1.165, 1.54) is 0 Å². The zero-order valence-electron chi connectivity index (χ0n) is 16.3. The number of aromatic nitrogens is 1. The number of aryl methyl sites for hydroxylation is 1. The summed E-state index contributed by atoms with van der Waals surface area (Å²) in [6, 6.07) is 3.75. The number of pyridine rings is 1. The minimum absolute atomic E-state index is 0.0172. The van der Waals surface area contributed by atoms with E-state index in [-0.39, 0.29) is 17.7 Å². The molecular weight excluding hydrogens is 330 g/mol. The van der Waals surface area contributed by atoms with Crippen molar-refractivity contribution >= 4 is 17.6 Å². The van der Waals surface area contributed by atoms with Crippen LogP contribution in [0.4, 0.5) is 5.82 Å². The van der Waals surface area contributed by atoms with Gasteiger partial charge >= 0.3 is 0 Å². The van der Waals surface area contributed by atoms with Crippen LogP contribution in [0.1, 0.15) is 45.6 Å². The predicted molar refractivity (Wildman–Crippen MR) is 102 cm³/mol. The number of hydrogen-bond acceptors (Lipinski definition) is 4. The third-order valence-corrected chi connectivity index (χ3v) is 4.75. The SMILES string of the molecule is Cc1ccnc(NC(=O)C2CCN(C(=O)C(C)OCCC(C)C)CC2)c1. The zero-order chi connectivity index (χ0) is 19.1.